The fourth-order valence-corrected chi connectivity index (χ4v) is 2.98. The number of piperazine rings is 1. The number of hydrogen-bond donors (Lipinski definition) is 1. The molecule has 3 heterocycles. The zero-order chi connectivity index (χ0) is 20.2. The quantitative estimate of drug-likeness (QED) is 0.723. The van der Waals surface area contributed by atoms with Crippen LogP contribution in [0, 0.1) is 11.6 Å². The van der Waals surface area contributed by atoms with Crippen molar-refractivity contribution in [2.24, 2.45) is 0 Å². The highest BCUT2D eigenvalue weighted by molar-refractivity contribution is 5.92. The molecule has 0 radical (unpaired) electrons. The molecule has 1 aromatic carbocycles. The highest BCUT2D eigenvalue weighted by Gasteiger charge is 2.24. The molecule has 1 aliphatic heterocycles. The Bertz CT molecular complexity index is 973. The largest absolute Gasteiger partial charge is 0.337 e. The van der Waals surface area contributed by atoms with Gasteiger partial charge < -0.3 is 15.1 Å². The number of halogens is 2. The van der Waals surface area contributed by atoms with Gasteiger partial charge in [-0.1, -0.05) is 6.07 Å². The molecule has 10 heteroatoms. The Kier molecular flexibility index (Phi) is 5.23. The highest BCUT2D eigenvalue weighted by Crippen LogP contribution is 2.22. The Labute approximate surface area is 165 Å². The van der Waals surface area contributed by atoms with E-state index in [2.05, 4.69) is 25.5 Å². The van der Waals surface area contributed by atoms with Crippen molar-refractivity contribution in [3.05, 3.63) is 66.1 Å². The van der Waals surface area contributed by atoms with Crippen LogP contribution in [0.1, 0.15) is 10.5 Å². The van der Waals surface area contributed by atoms with Gasteiger partial charge in [0.2, 0.25) is 5.95 Å². The minimum Gasteiger partial charge on any atom is -0.337 e. The van der Waals surface area contributed by atoms with Gasteiger partial charge in [0.05, 0.1) is 0 Å². The summed E-state index contributed by atoms with van der Waals surface area (Å²) in [6.07, 6.45) is 3.36. The van der Waals surface area contributed by atoms with Crippen molar-refractivity contribution in [3.8, 4) is 0 Å². The normalized spacial score (nSPS) is 14.0. The van der Waals surface area contributed by atoms with Crippen molar-refractivity contribution in [2.75, 3.05) is 36.4 Å². The van der Waals surface area contributed by atoms with Crippen molar-refractivity contribution in [2.45, 2.75) is 0 Å². The van der Waals surface area contributed by atoms with E-state index in [0.717, 1.165) is 12.1 Å². The molecule has 3 aromatic rings. The molecule has 4 rings (SSSR count). The summed E-state index contributed by atoms with van der Waals surface area (Å²) in [5.41, 5.74) is -0.158. The van der Waals surface area contributed by atoms with Crippen LogP contribution >= 0.6 is 0 Å². The summed E-state index contributed by atoms with van der Waals surface area (Å²) < 4.78 is 27.4. The van der Waals surface area contributed by atoms with Gasteiger partial charge in [-0.25, -0.2) is 18.7 Å². The van der Waals surface area contributed by atoms with Crippen molar-refractivity contribution in [3.63, 3.8) is 0 Å². The summed E-state index contributed by atoms with van der Waals surface area (Å²) in [5, 5.41) is 10.3. The molecule has 0 saturated carbocycles. The molecule has 0 spiro atoms. The van der Waals surface area contributed by atoms with E-state index in [0.29, 0.717) is 32.1 Å². The molecule has 1 aliphatic rings. The molecule has 0 aliphatic carbocycles. The molecule has 0 atom stereocenters. The van der Waals surface area contributed by atoms with Crippen LogP contribution in [-0.4, -0.2) is 57.2 Å². The topological polar surface area (TPSA) is 87.1 Å². The lowest BCUT2D eigenvalue weighted by atomic mass is 10.2. The van der Waals surface area contributed by atoms with Crippen LogP contribution in [0.15, 0.2) is 48.8 Å². The SMILES string of the molecule is O=C(c1ccc(Nc2c(F)cccc2F)nn1)N1CCN(c2ncccn2)CC1. The molecule has 1 fully saturated rings. The minimum atomic E-state index is -0.743. The molecule has 29 heavy (non-hydrogen) atoms. The number of anilines is 3. The van der Waals surface area contributed by atoms with Gasteiger partial charge in [-0.05, 0) is 30.3 Å². The molecule has 1 saturated heterocycles. The first-order chi connectivity index (χ1) is 14.1. The maximum absolute atomic E-state index is 13.7. The summed E-state index contributed by atoms with van der Waals surface area (Å²) in [7, 11) is 0. The molecule has 1 N–H and O–H groups in total. The van der Waals surface area contributed by atoms with E-state index < -0.39 is 11.6 Å². The summed E-state index contributed by atoms with van der Waals surface area (Å²) in [6, 6.07) is 8.23. The lowest BCUT2D eigenvalue weighted by molar-refractivity contribution is 0.0739. The van der Waals surface area contributed by atoms with Gasteiger partial charge in [-0.3, -0.25) is 4.79 Å². The zero-order valence-corrected chi connectivity index (χ0v) is 15.3. The summed E-state index contributed by atoms with van der Waals surface area (Å²) in [6.45, 7) is 2.21. The van der Waals surface area contributed by atoms with Crippen LogP contribution in [0.3, 0.4) is 0 Å². The number of aromatic nitrogens is 4. The van der Waals surface area contributed by atoms with Crippen LogP contribution in [0.2, 0.25) is 0 Å². The fourth-order valence-electron chi connectivity index (χ4n) is 2.98. The van der Waals surface area contributed by atoms with E-state index in [1.54, 1.807) is 23.4 Å². The number of hydrogen-bond acceptors (Lipinski definition) is 7. The van der Waals surface area contributed by atoms with Crippen molar-refractivity contribution in [1.29, 1.82) is 0 Å². The van der Waals surface area contributed by atoms with Gasteiger partial charge >= 0.3 is 0 Å². The molecular formula is C19H17F2N7O. The Morgan fingerprint density at radius 1 is 0.897 bits per heavy atom. The van der Waals surface area contributed by atoms with Crippen LogP contribution in [0.4, 0.5) is 26.2 Å². The molecule has 0 unspecified atom stereocenters. The summed E-state index contributed by atoms with van der Waals surface area (Å²) >= 11 is 0. The van der Waals surface area contributed by atoms with Crippen LogP contribution in [-0.2, 0) is 0 Å². The highest BCUT2D eigenvalue weighted by atomic mass is 19.1. The number of nitrogens with one attached hydrogen (secondary N) is 1. The summed E-state index contributed by atoms with van der Waals surface area (Å²) in [5.74, 6) is -0.971. The molecule has 148 valence electrons. The first-order valence-corrected chi connectivity index (χ1v) is 8.98. The third-order valence-corrected chi connectivity index (χ3v) is 4.50. The molecule has 1 amide bonds. The van der Waals surface area contributed by atoms with Gasteiger partial charge in [0.15, 0.2) is 11.5 Å². The molecular weight excluding hydrogens is 380 g/mol. The number of amides is 1. The van der Waals surface area contributed by atoms with E-state index in [9.17, 15) is 13.6 Å². The maximum Gasteiger partial charge on any atom is 0.274 e. The van der Waals surface area contributed by atoms with Crippen molar-refractivity contribution < 1.29 is 13.6 Å². The first kappa shape index (κ1) is 18.7. The smallest absolute Gasteiger partial charge is 0.274 e. The van der Waals surface area contributed by atoms with Crippen molar-refractivity contribution in [1.82, 2.24) is 25.1 Å². The monoisotopic (exact) mass is 397 g/mol. The predicted molar refractivity (Wildman–Crippen MR) is 102 cm³/mol. The second kappa shape index (κ2) is 8.13. The number of para-hydroxylation sites is 1. The maximum atomic E-state index is 13.7. The van der Waals surface area contributed by atoms with Crippen LogP contribution in [0.25, 0.3) is 0 Å². The Morgan fingerprint density at radius 3 is 2.21 bits per heavy atom. The van der Waals surface area contributed by atoms with Gasteiger partial charge in [-0.2, -0.15) is 0 Å². The fraction of sp³-hybridized carbons (Fsp3) is 0.211. The number of rotatable bonds is 4. The van der Waals surface area contributed by atoms with Crippen molar-refractivity contribution >= 4 is 23.4 Å². The Hall–Kier alpha value is -3.69. The van der Waals surface area contributed by atoms with E-state index in [-0.39, 0.29) is 23.1 Å². The van der Waals surface area contributed by atoms with E-state index in [4.69, 9.17) is 0 Å². The van der Waals surface area contributed by atoms with E-state index in [1.165, 1.54) is 18.2 Å². The van der Waals surface area contributed by atoms with Crippen LogP contribution in [0.5, 0.6) is 0 Å². The van der Waals surface area contributed by atoms with Gasteiger partial charge in [-0.15, -0.1) is 10.2 Å². The predicted octanol–water partition coefficient (Wildman–Crippen LogP) is 2.25. The third-order valence-electron chi connectivity index (χ3n) is 4.50. The Morgan fingerprint density at radius 2 is 1.59 bits per heavy atom. The molecule has 8 nitrogen and oxygen atoms in total. The van der Waals surface area contributed by atoms with Gasteiger partial charge in [0.25, 0.3) is 5.91 Å². The number of carbonyl (C=O) groups is 1. The average molecular weight is 397 g/mol. The molecule has 2 aromatic heterocycles. The van der Waals surface area contributed by atoms with Gasteiger partial charge in [0, 0.05) is 38.6 Å². The lowest BCUT2D eigenvalue weighted by Crippen LogP contribution is -2.49. The number of benzene rings is 1. The minimum absolute atomic E-state index is 0.136. The Balaban J connectivity index is 1.39. The second-order valence-corrected chi connectivity index (χ2v) is 6.35. The average Bonchev–Trinajstić information content (AvgIpc) is 2.77. The molecule has 0 bridgehead atoms. The van der Waals surface area contributed by atoms with E-state index >= 15 is 0 Å². The lowest BCUT2D eigenvalue weighted by Gasteiger charge is -2.34. The standard InChI is InChI=1S/C19H17F2N7O/c20-13-3-1-4-14(21)17(13)24-16-6-5-15(25-26-16)18(29)27-9-11-28(12-10-27)19-22-7-2-8-23-19/h1-8H,9-12H2,(H,24,26). The number of nitrogens with zero attached hydrogens (tertiary/aromatic N) is 6. The second-order valence-electron chi connectivity index (χ2n) is 6.35. The zero-order valence-electron chi connectivity index (χ0n) is 15.3. The van der Waals surface area contributed by atoms with Crippen LogP contribution < -0.4 is 10.2 Å². The van der Waals surface area contributed by atoms with Gasteiger partial charge in [0.1, 0.15) is 17.3 Å². The first-order valence-electron chi connectivity index (χ1n) is 8.98. The van der Waals surface area contributed by atoms with E-state index in [1.807, 2.05) is 4.90 Å². The summed E-state index contributed by atoms with van der Waals surface area (Å²) in [4.78, 5) is 24.8. The third kappa shape index (κ3) is 4.10. The number of carbonyl (C=O) groups excluding carboxylic acids is 1.